The highest BCUT2D eigenvalue weighted by atomic mass is 16.1. The first-order valence-electron chi connectivity index (χ1n) is 6.20. The van der Waals surface area contributed by atoms with Gasteiger partial charge in [0.25, 0.3) is 0 Å². The van der Waals surface area contributed by atoms with E-state index < -0.39 is 0 Å². The van der Waals surface area contributed by atoms with Gasteiger partial charge < -0.3 is 10.3 Å². The van der Waals surface area contributed by atoms with Gasteiger partial charge in [-0.3, -0.25) is 4.79 Å². The summed E-state index contributed by atoms with van der Waals surface area (Å²) in [5.74, 6) is 0. The van der Waals surface area contributed by atoms with Crippen LogP contribution in [0.4, 0.5) is 0 Å². The number of nitrogens with zero attached hydrogens (tertiary/aromatic N) is 1. The van der Waals surface area contributed by atoms with Crippen molar-refractivity contribution in [1.29, 1.82) is 0 Å². The highest BCUT2D eigenvalue weighted by molar-refractivity contribution is 5.29. The molecule has 1 atom stereocenters. The molecule has 0 fully saturated rings. The maximum atomic E-state index is 11.2. The zero-order valence-electron chi connectivity index (χ0n) is 9.83. The van der Waals surface area contributed by atoms with Gasteiger partial charge >= 0.3 is 0 Å². The minimum absolute atomic E-state index is 0.00737. The van der Waals surface area contributed by atoms with E-state index in [0.29, 0.717) is 6.04 Å². The molecule has 1 aliphatic rings. The molecule has 2 rings (SSSR count). The molecular weight excluding hydrogens is 200 g/mol. The summed E-state index contributed by atoms with van der Waals surface area (Å²) in [4.78, 5) is 14.2. The lowest BCUT2D eigenvalue weighted by molar-refractivity contribution is 0.584. The fourth-order valence-corrected chi connectivity index (χ4v) is 2.27. The fourth-order valence-electron chi connectivity index (χ4n) is 2.27. The molecule has 0 radical (unpaired) electrons. The van der Waals surface area contributed by atoms with Gasteiger partial charge in [0.1, 0.15) is 0 Å². The van der Waals surface area contributed by atoms with Gasteiger partial charge in [0.05, 0.1) is 0 Å². The van der Waals surface area contributed by atoms with Gasteiger partial charge in [-0.1, -0.05) is 32.3 Å². The third-order valence-electron chi connectivity index (χ3n) is 3.16. The second-order valence-electron chi connectivity index (χ2n) is 4.42. The molecule has 0 aliphatic heterocycles. The van der Waals surface area contributed by atoms with Gasteiger partial charge in [0.15, 0.2) is 0 Å². The molecule has 1 unspecified atom stereocenters. The Balaban J connectivity index is 2.10. The highest BCUT2D eigenvalue weighted by Crippen LogP contribution is 2.33. The predicted molar refractivity (Wildman–Crippen MR) is 65.9 cm³/mol. The van der Waals surface area contributed by atoms with Crippen LogP contribution in [0, 0.1) is 0 Å². The second-order valence-corrected chi connectivity index (χ2v) is 4.42. The number of unbranched alkanes of at least 4 members (excludes halogenated alkanes) is 1. The average molecular weight is 219 g/mol. The van der Waals surface area contributed by atoms with Crippen LogP contribution in [0.3, 0.4) is 0 Å². The summed E-state index contributed by atoms with van der Waals surface area (Å²) in [5, 5.41) is 4.72. The van der Waals surface area contributed by atoms with Crippen LogP contribution in [0.15, 0.2) is 16.9 Å². The smallest absolute Gasteiger partial charge is 0.248 e. The van der Waals surface area contributed by atoms with E-state index >= 15 is 0 Å². The molecule has 0 saturated carbocycles. The van der Waals surface area contributed by atoms with Gasteiger partial charge in [-0.25, -0.2) is 0 Å². The summed E-state index contributed by atoms with van der Waals surface area (Å²) in [6.07, 6.45) is 5.60. The van der Waals surface area contributed by atoms with Crippen LogP contribution in [-0.2, 0) is 6.42 Å². The number of H-pyrrole nitrogens is 1. The van der Waals surface area contributed by atoms with E-state index in [1.54, 1.807) is 6.07 Å². The van der Waals surface area contributed by atoms with Crippen LogP contribution in [-0.4, -0.2) is 11.5 Å². The summed E-state index contributed by atoms with van der Waals surface area (Å²) in [6.45, 7) is 3.13. The summed E-state index contributed by atoms with van der Waals surface area (Å²) in [5.41, 5.74) is 2.35. The van der Waals surface area contributed by atoms with E-state index in [0.717, 1.165) is 37.9 Å². The number of hydrogen-bond donors (Lipinski definition) is 1. The van der Waals surface area contributed by atoms with Crippen molar-refractivity contribution in [2.75, 3.05) is 6.54 Å². The maximum Gasteiger partial charge on any atom is 0.248 e. The molecule has 0 aromatic carbocycles. The Morgan fingerprint density at radius 1 is 1.50 bits per heavy atom. The highest BCUT2D eigenvalue weighted by Gasteiger charge is 2.13. The van der Waals surface area contributed by atoms with Crippen LogP contribution >= 0.6 is 0 Å². The first-order valence-corrected chi connectivity index (χ1v) is 6.20. The van der Waals surface area contributed by atoms with Crippen molar-refractivity contribution in [2.45, 2.75) is 45.1 Å². The van der Waals surface area contributed by atoms with Crippen molar-refractivity contribution in [3.63, 3.8) is 0 Å². The van der Waals surface area contributed by atoms with Gasteiger partial charge in [0.2, 0.25) is 5.56 Å². The molecular formula is C13H19N2O-. The molecule has 1 aromatic heterocycles. The Bertz CT molecular complexity index is 397. The molecule has 0 spiro atoms. The topological polar surface area (TPSA) is 47.0 Å². The van der Waals surface area contributed by atoms with E-state index in [2.05, 4.69) is 11.9 Å². The lowest BCUT2D eigenvalue weighted by Crippen LogP contribution is -2.17. The molecule has 88 valence electrons. The lowest BCUT2D eigenvalue weighted by atomic mass is 9.91. The quantitative estimate of drug-likeness (QED) is 0.777. The number of fused-ring (bicyclic) bond motifs is 1. The van der Waals surface area contributed by atoms with E-state index in [1.165, 1.54) is 12.0 Å². The number of pyridine rings is 1. The van der Waals surface area contributed by atoms with Crippen LogP contribution in [0.5, 0.6) is 0 Å². The summed E-state index contributed by atoms with van der Waals surface area (Å²) >= 11 is 0. The molecule has 1 N–H and O–H groups in total. The molecule has 1 aromatic rings. The Labute approximate surface area is 96.3 Å². The monoisotopic (exact) mass is 219 g/mol. The molecule has 1 heterocycles. The summed E-state index contributed by atoms with van der Waals surface area (Å²) in [7, 11) is 0. The Morgan fingerprint density at radius 3 is 3.19 bits per heavy atom. The molecule has 1 aliphatic carbocycles. The average Bonchev–Trinajstić information content (AvgIpc) is 2.29. The maximum absolute atomic E-state index is 11.2. The SMILES string of the molecule is CCCC[N-]C1CCCc2[nH]c(=O)ccc21. The largest absolute Gasteiger partial charge is 0.656 e. The van der Waals surface area contributed by atoms with Gasteiger partial charge in [-0.15, -0.1) is 12.6 Å². The Kier molecular flexibility index (Phi) is 3.78. The van der Waals surface area contributed by atoms with Crippen molar-refractivity contribution >= 4 is 0 Å². The zero-order chi connectivity index (χ0) is 11.4. The standard InChI is InChI=1S/C13H19N2O/c1-2-3-9-14-11-5-4-6-12-10(11)7-8-13(16)15-12/h7-8,11H,2-6,9H2,1H3,(H,15,16)/q-1. The third kappa shape index (κ3) is 2.53. The number of rotatable bonds is 4. The summed E-state index contributed by atoms with van der Waals surface area (Å²) in [6, 6.07) is 3.88. The van der Waals surface area contributed by atoms with Gasteiger partial charge in [-0.2, -0.15) is 0 Å². The Hall–Kier alpha value is -1.09. The van der Waals surface area contributed by atoms with Crippen LogP contribution in [0.1, 0.15) is 49.9 Å². The molecule has 0 bridgehead atoms. The Morgan fingerprint density at radius 2 is 2.38 bits per heavy atom. The minimum Gasteiger partial charge on any atom is -0.656 e. The van der Waals surface area contributed by atoms with E-state index in [4.69, 9.17) is 5.32 Å². The molecule has 16 heavy (non-hydrogen) atoms. The van der Waals surface area contributed by atoms with Crippen molar-refractivity contribution in [3.05, 3.63) is 39.1 Å². The van der Waals surface area contributed by atoms with Crippen LogP contribution in [0.2, 0.25) is 0 Å². The van der Waals surface area contributed by atoms with Crippen molar-refractivity contribution < 1.29 is 0 Å². The van der Waals surface area contributed by atoms with E-state index in [1.807, 2.05) is 6.07 Å². The number of nitrogens with one attached hydrogen (secondary N) is 1. The number of aromatic nitrogens is 1. The molecule has 0 saturated heterocycles. The lowest BCUT2D eigenvalue weighted by Gasteiger charge is -2.36. The second kappa shape index (κ2) is 5.30. The first kappa shape index (κ1) is 11.4. The molecule has 0 amide bonds. The molecule has 3 heteroatoms. The van der Waals surface area contributed by atoms with Crippen LogP contribution in [0.25, 0.3) is 5.32 Å². The van der Waals surface area contributed by atoms with Crippen molar-refractivity contribution in [2.24, 2.45) is 0 Å². The van der Waals surface area contributed by atoms with E-state index in [9.17, 15) is 4.79 Å². The molecule has 3 nitrogen and oxygen atoms in total. The number of hydrogen-bond acceptors (Lipinski definition) is 1. The number of aryl methyl sites for hydroxylation is 1. The predicted octanol–water partition coefficient (Wildman–Crippen LogP) is 2.93. The van der Waals surface area contributed by atoms with Gasteiger partial charge in [0, 0.05) is 11.8 Å². The summed E-state index contributed by atoms with van der Waals surface area (Å²) < 4.78 is 0. The first-order chi connectivity index (χ1) is 7.81. The van der Waals surface area contributed by atoms with Gasteiger partial charge in [-0.05, 0) is 18.4 Å². The van der Waals surface area contributed by atoms with Crippen LogP contribution < -0.4 is 5.56 Å². The van der Waals surface area contributed by atoms with E-state index in [-0.39, 0.29) is 5.56 Å². The fraction of sp³-hybridized carbons (Fsp3) is 0.615. The van der Waals surface area contributed by atoms with Crippen molar-refractivity contribution in [1.82, 2.24) is 4.98 Å². The minimum atomic E-state index is 0.00737. The van der Waals surface area contributed by atoms with Crippen molar-refractivity contribution in [3.8, 4) is 0 Å². The normalized spacial score (nSPS) is 19.4. The third-order valence-corrected chi connectivity index (χ3v) is 3.16. The zero-order valence-corrected chi connectivity index (χ0v) is 9.83. The number of aromatic amines is 1.